The summed E-state index contributed by atoms with van der Waals surface area (Å²) < 4.78 is 27.9. The maximum absolute atomic E-state index is 14.5. The average Bonchev–Trinajstić information content (AvgIpc) is 3.36. The van der Waals surface area contributed by atoms with Gasteiger partial charge in [0.05, 0.1) is 18.5 Å². The van der Waals surface area contributed by atoms with Crippen molar-refractivity contribution >= 4 is 17.5 Å². The molecule has 0 unspecified atom stereocenters. The van der Waals surface area contributed by atoms with Gasteiger partial charge in [0.15, 0.2) is 0 Å². The van der Waals surface area contributed by atoms with Crippen molar-refractivity contribution in [3.05, 3.63) is 101 Å². The average molecular weight is 478 g/mol. The summed E-state index contributed by atoms with van der Waals surface area (Å²) in [4.78, 5) is 29.6. The van der Waals surface area contributed by atoms with Crippen LogP contribution in [-0.4, -0.2) is 42.9 Å². The Kier molecular flexibility index (Phi) is 8.21. The molecule has 35 heavy (non-hydrogen) atoms. The minimum absolute atomic E-state index is 0.0909. The van der Waals surface area contributed by atoms with Gasteiger partial charge in [-0.15, -0.1) is 0 Å². The smallest absolute Gasteiger partial charge is 0.261 e. The fraction of sp³-hybridized carbons (Fsp3) is 0.286. The third-order valence-corrected chi connectivity index (χ3v) is 6.13. The predicted octanol–water partition coefficient (Wildman–Crippen LogP) is 4.57. The first-order valence-electron chi connectivity index (χ1n) is 11.9. The molecule has 1 heterocycles. The number of nitrogens with one attached hydrogen (secondary N) is 1. The minimum Gasteiger partial charge on any atom is -0.355 e. The van der Waals surface area contributed by atoms with Crippen LogP contribution in [0.15, 0.2) is 72.8 Å². The van der Waals surface area contributed by atoms with Crippen molar-refractivity contribution in [2.75, 3.05) is 31.1 Å². The van der Waals surface area contributed by atoms with Gasteiger partial charge in [-0.25, -0.2) is 8.78 Å². The van der Waals surface area contributed by atoms with Crippen LogP contribution in [0, 0.1) is 11.6 Å². The molecule has 0 bridgehead atoms. The maximum Gasteiger partial charge on any atom is 0.261 e. The molecular formula is C28H29F2N3O2. The topological polar surface area (TPSA) is 52.7 Å². The first-order valence-corrected chi connectivity index (χ1v) is 11.9. The lowest BCUT2D eigenvalue weighted by Gasteiger charge is -2.24. The summed E-state index contributed by atoms with van der Waals surface area (Å²) in [6.07, 6.45) is 2.59. The Morgan fingerprint density at radius 3 is 2.37 bits per heavy atom. The van der Waals surface area contributed by atoms with Gasteiger partial charge in [-0.2, -0.15) is 0 Å². The van der Waals surface area contributed by atoms with Crippen molar-refractivity contribution in [2.45, 2.75) is 25.8 Å². The van der Waals surface area contributed by atoms with Gasteiger partial charge in [0.1, 0.15) is 11.6 Å². The van der Waals surface area contributed by atoms with E-state index in [9.17, 15) is 18.4 Å². The van der Waals surface area contributed by atoms with Gasteiger partial charge >= 0.3 is 0 Å². The van der Waals surface area contributed by atoms with Gasteiger partial charge in [0.25, 0.3) is 5.91 Å². The minimum atomic E-state index is -0.915. The summed E-state index contributed by atoms with van der Waals surface area (Å²) in [5.74, 6) is -2.33. The van der Waals surface area contributed by atoms with E-state index < -0.39 is 17.5 Å². The van der Waals surface area contributed by atoms with Gasteiger partial charge in [0, 0.05) is 24.8 Å². The summed E-state index contributed by atoms with van der Waals surface area (Å²) in [5, 5.41) is 2.96. The molecule has 5 nitrogen and oxygen atoms in total. The molecule has 3 aromatic rings. The summed E-state index contributed by atoms with van der Waals surface area (Å²) in [6, 6.07) is 19.4. The fourth-order valence-electron chi connectivity index (χ4n) is 4.30. The van der Waals surface area contributed by atoms with E-state index in [-0.39, 0.29) is 24.4 Å². The van der Waals surface area contributed by atoms with Crippen LogP contribution < -0.4 is 10.2 Å². The van der Waals surface area contributed by atoms with Gasteiger partial charge in [-0.1, -0.05) is 42.5 Å². The zero-order chi connectivity index (χ0) is 24.6. The van der Waals surface area contributed by atoms with E-state index in [1.54, 1.807) is 18.2 Å². The van der Waals surface area contributed by atoms with Crippen molar-refractivity contribution < 1.29 is 18.4 Å². The Balaban J connectivity index is 1.51. The Bertz CT molecular complexity index is 1160. The highest BCUT2D eigenvalue weighted by Gasteiger charge is 2.22. The number of nitrogens with zero attached hydrogens (tertiary/aromatic N) is 2. The number of carbonyl (C=O) groups is 2. The van der Waals surface area contributed by atoms with Gasteiger partial charge in [-0.3, -0.25) is 9.59 Å². The Labute approximate surface area is 204 Å². The summed E-state index contributed by atoms with van der Waals surface area (Å²) >= 11 is 0. The molecule has 1 saturated heterocycles. The lowest BCUT2D eigenvalue weighted by atomic mass is 10.1. The second-order valence-electron chi connectivity index (χ2n) is 8.75. The Morgan fingerprint density at radius 1 is 0.886 bits per heavy atom. The van der Waals surface area contributed by atoms with Crippen LogP contribution in [0.5, 0.6) is 0 Å². The molecule has 182 valence electrons. The fourth-order valence-corrected chi connectivity index (χ4v) is 4.30. The number of likely N-dealkylation sites (tertiary alicyclic amines) is 1. The normalized spacial score (nSPS) is 13.5. The number of carbonyl (C=O) groups excluding carboxylic acids is 2. The molecule has 2 amide bonds. The van der Waals surface area contributed by atoms with Crippen molar-refractivity contribution in [2.24, 2.45) is 0 Å². The molecule has 7 heteroatoms. The number of anilines is 1. The van der Waals surface area contributed by atoms with Gasteiger partial charge in [0.2, 0.25) is 5.91 Å². The quantitative estimate of drug-likeness (QED) is 0.491. The van der Waals surface area contributed by atoms with Crippen LogP contribution in [0.4, 0.5) is 14.5 Å². The number of hydrogen-bond acceptors (Lipinski definition) is 3. The number of amides is 2. The van der Waals surface area contributed by atoms with Crippen LogP contribution in [0.1, 0.15) is 34.3 Å². The number of hydrogen-bond donors (Lipinski definition) is 1. The van der Waals surface area contributed by atoms with E-state index in [2.05, 4.69) is 10.2 Å². The number of rotatable bonds is 9. The molecule has 1 fully saturated rings. The standard InChI is InChI=1S/C28H29F2N3O2/c29-23-11-12-25(26(30)19-23)28(35)33(20-21-7-2-1-3-8-21)24-10-6-9-22(17-24)18-27(34)31-13-16-32-14-4-5-15-32/h1-3,6-12,17,19H,4-5,13-16,18,20H2,(H,31,34). The Morgan fingerprint density at radius 2 is 1.63 bits per heavy atom. The zero-order valence-electron chi connectivity index (χ0n) is 19.6. The second kappa shape index (κ2) is 11.7. The molecule has 1 N–H and O–H groups in total. The number of benzene rings is 3. The van der Waals surface area contributed by atoms with Crippen molar-refractivity contribution in [3.63, 3.8) is 0 Å². The highest BCUT2D eigenvalue weighted by molar-refractivity contribution is 6.06. The molecule has 4 rings (SSSR count). The first kappa shape index (κ1) is 24.5. The molecule has 0 aliphatic carbocycles. The molecule has 0 saturated carbocycles. The van der Waals surface area contributed by atoms with Crippen LogP contribution in [0.3, 0.4) is 0 Å². The van der Waals surface area contributed by atoms with E-state index in [4.69, 9.17) is 0 Å². The van der Waals surface area contributed by atoms with Crippen LogP contribution in [-0.2, 0) is 17.8 Å². The van der Waals surface area contributed by atoms with Crippen molar-refractivity contribution in [1.29, 1.82) is 0 Å². The predicted molar refractivity (Wildman–Crippen MR) is 132 cm³/mol. The van der Waals surface area contributed by atoms with E-state index in [1.807, 2.05) is 36.4 Å². The first-order chi connectivity index (χ1) is 17.0. The summed E-state index contributed by atoms with van der Waals surface area (Å²) in [7, 11) is 0. The molecule has 1 aliphatic rings. The lowest BCUT2D eigenvalue weighted by Crippen LogP contribution is -2.34. The molecule has 0 radical (unpaired) electrons. The maximum atomic E-state index is 14.5. The van der Waals surface area contributed by atoms with Crippen LogP contribution in [0.25, 0.3) is 0 Å². The SMILES string of the molecule is O=C(Cc1cccc(N(Cc2ccccc2)C(=O)c2ccc(F)cc2F)c1)NCCN1CCCC1. The van der Waals surface area contributed by atoms with E-state index in [1.165, 1.54) is 17.7 Å². The van der Waals surface area contributed by atoms with Crippen molar-refractivity contribution in [1.82, 2.24) is 10.2 Å². The van der Waals surface area contributed by atoms with E-state index >= 15 is 0 Å². The molecular weight excluding hydrogens is 448 g/mol. The largest absolute Gasteiger partial charge is 0.355 e. The molecule has 0 spiro atoms. The van der Waals surface area contributed by atoms with Crippen LogP contribution in [0.2, 0.25) is 0 Å². The highest BCUT2D eigenvalue weighted by Crippen LogP contribution is 2.23. The number of halogens is 2. The molecule has 0 atom stereocenters. The second-order valence-corrected chi connectivity index (χ2v) is 8.75. The van der Waals surface area contributed by atoms with Gasteiger partial charge in [-0.05, 0) is 61.3 Å². The highest BCUT2D eigenvalue weighted by atomic mass is 19.1. The van der Waals surface area contributed by atoms with E-state index in [0.717, 1.165) is 42.9 Å². The Hall–Kier alpha value is -3.58. The third kappa shape index (κ3) is 6.73. The molecule has 3 aromatic carbocycles. The summed E-state index contributed by atoms with van der Waals surface area (Å²) in [6.45, 7) is 3.80. The molecule has 0 aromatic heterocycles. The van der Waals surface area contributed by atoms with Gasteiger partial charge < -0.3 is 15.1 Å². The summed E-state index contributed by atoms with van der Waals surface area (Å²) in [5.41, 5.74) is 1.91. The van der Waals surface area contributed by atoms with E-state index in [0.29, 0.717) is 18.3 Å². The third-order valence-electron chi connectivity index (χ3n) is 6.13. The van der Waals surface area contributed by atoms with Crippen molar-refractivity contribution in [3.8, 4) is 0 Å². The molecule has 1 aliphatic heterocycles. The van der Waals surface area contributed by atoms with Crippen LogP contribution >= 0.6 is 0 Å². The lowest BCUT2D eigenvalue weighted by molar-refractivity contribution is -0.120. The monoisotopic (exact) mass is 477 g/mol. The zero-order valence-corrected chi connectivity index (χ0v) is 19.6.